The van der Waals surface area contributed by atoms with Crippen LogP contribution in [-0.2, 0) is 23.1 Å². The Kier molecular flexibility index (Phi) is 6.59. The highest BCUT2D eigenvalue weighted by molar-refractivity contribution is 7.92. The van der Waals surface area contributed by atoms with Gasteiger partial charge >= 0.3 is 0 Å². The van der Waals surface area contributed by atoms with Crippen molar-refractivity contribution < 1.29 is 13.2 Å². The summed E-state index contributed by atoms with van der Waals surface area (Å²) in [5.41, 5.74) is 4.16. The van der Waals surface area contributed by atoms with E-state index in [9.17, 15) is 13.2 Å². The lowest BCUT2D eigenvalue weighted by molar-refractivity contribution is 0.0951. The van der Waals surface area contributed by atoms with E-state index in [4.69, 9.17) is 0 Å². The predicted molar refractivity (Wildman–Crippen MR) is 117 cm³/mol. The minimum absolute atomic E-state index is 0.178. The number of carbonyl (C=O) groups is 1. The molecule has 0 atom stereocenters. The van der Waals surface area contributed by atoms with Crippen LogP contribution in [0.2, 0.25) is 0 Å². The van der Waals surface area contributed by atoms with Crippen LogP contribution in [0, 0.1) is 6.92 Å². The highest BCUT2D eigenvalue weighted by atomic mass is 32.2. The molecule has 0 unspecified atom stereocenters. The van der Waals surface area contributed by atoms with Crippen molar-refractivity contribution in [3.63, 3.8) is 0 Å². The SMILES string of the molecule is Cc1cc(C(=O)NCc2ccc(CN3CCCC3)cc2)ccc1N(C)S(C)(=O)=O. The summed E-state index contributed by atoms with van der Waals surface area (Å²) in [5.74, 6) is -0.178. The number of nitrogens with one attached hydrogen (secondary N) is 1. The summed E-state index contributed by atoms with van der Waals surface area (Å²) in [5, 5.41) is 2.93. The van der Waals surface area contributed by atoms with Crippen molar-refractivity contribution in [1.29, 1.82) is 0 Å². The molecule has 0 aliphatic carbocycles. The lowest BCUT2D eigenvalue weighted by atomic mass is 10.1. The standard InChI is InChI=1S/C22H29N3O3S/c1-17-14-20(10-11-21(17)24(2)29(3,27)28)22(26)23-15-18-6-8-19(9-7-18)16-25-12-4-5-13-25/h6-11,14H,4-5,12-13,15-16H2,1-3H3,(H,23,26). The zero-order valence-electron chi connectivity index (χ0n) is 17.3. The molecule has 7 heteroatoms. The number of hydrogen-bond donors (Lipinski definition) is 1. The number of benzene rings is 2. The van der Waals surface area contributed by atoms with Gasteiger partial charge in [-0.3, -0.25) is 14.0 Å². The van der Waals surface area contributed by atoms with Crippen molar-refractivity contribution in [3.05, 3.63) is 64.7 Å². The van der Waals surface area contributed by atoms with Gasteiger partial charge in [-0.2, -0.15) is 0 Å². The molecule has 6 nitrogen and oxygen atoms in total. The second-order valence-corrected chi connectivity index (χ2v) is 9.73. The molecule has 0 aromatic heterocycles. The maximum atomic E-state index is 12.5. The quantitative estimate of drug-likeness (QED) is 0.755. The summed E-state index contributed by atoms with van der Waals surface area (Å²) in [6.07, 6.45) is 3.73. The van der Waals surface area contributed by atoms with Crippen molar-refractivity contribution in [2.24, 2.45) is 0 Å². The lowest BCUT2D eigenvalue weighted by Gasteiger charge is -2.19. The molecule has 2 aromatic carbocycles. The van der Waals surface area contributed by atoms with Crippen molar-refractivity contribution in [1.82, 2.24) is 10.2 Å². The zero-order valence-corrected chi connectivity index (χ0v) is 18.1. The molecular weight excluding hydrogens is 386 g/mol. The summed E-state index contributed by atoms with van der Waals surface area (Å²) < 4.78 is 24.7. The van der Waals surface area contributed by atoms with E-state index in [-0.39, 0.29) is 5.91 Å². The van der Waals surface area contributed by atoms with E-state index >= 15 is 0 Å². The minimum Gasteiger partial charge on any atom is -0.348 e. The molecule has 0 bridgehead atoms. The molecule has 0 saturated carbocycles. The average molecular weight is 416 g/mol. The highest BCUT2D eigenvalue weighted by Crippen LogP contribution is 2.22. The van der Waals surface area contributed by atoms with E-state index in [0.29, 0.717) is 17.8 Å². The number of rotatable bonds is 7. The van der Waals surface area contributed by atoms with Crippen molar-refractivity contribution in [3.8, 4) is 0 Å². The van der Waals surface area contributed by atoms with Crippen molar-refractivity contribution in [2.75, 3.05) is 30.7 Å². The number of nitrogens with zero attached hydrogens (tertiary/aromatic N) is 2. The Bertz CT molecular complexity index is 965. The fraction of sp³-hybridized carbons (Fsp3) is 0.409. The third kappa shape index (κ3) is 5.58. The van der Waals surface area contributed by atoms with Crippen LogP contribution in [0.4, 0.5) is 5.69 Å². The van der Waals surface area contributed by atoms with E-state index in [2.05, 4.69) is 34.5 Å². The van der Waals surface area contributed by atoms with Crippen molar-refractivity contribution in [2.45, 2.75) is 32.9 Å². The monoisotopic (exact) mass is 415 g/mol. The highest BCUT2D eigenvalue weighted by Gasteiger charge is 2.16. The van der Waals surface area contributed by atoms with Gasteiger partial charge in [-0.1, -0.05) is 24.3 Å². The number of hydrogen-bond acceptors (Lipinski definition) is 4. The predicted octanol–water partition coefficient (Wildman–Crippen LogP) is 2.92. The van der Waals surface area contributed by atoms with E-state index in [1.165, 1.54) is 42.8 Å². The maximum absolute atomic E-state index is 12.5. The van der Waals surface area contributed by atoms with Crippen molar-refractivity contribution >= 4 is 21.6 Å². The van der Waals surface area contributed by atoms with Crippen LogP contribution in [0.15, 0.2) is 42.5 Å². The summed E-state index contributed by atoms with van der Waals surface area (Å²) in [4.78, 5) is 15.0. The smallest absolute Gasteiger partial charge is 0.251 e. The summed E-state index contributed by atoms with van der Waals surface area (Å²) >= 11 is 0. The molecule has 2 aromatic rings. The van der Waals surface area contributed by atoms with Crippen LogP contribution in [0.1, 0.15) is 39.9 Å². The lowest BCUT2D eigenvalue weighted by Crippen LogP contribution is -2.26. The first-order valence-electron chi connectivity index (χ1n) is 9.87. The van der Waals surface area contributed by atoms with Gasteiger partial charge in [-0.15, -0.1) is 0 Å². The molecule has 1 amide bonds. The fourth-order valence-electron chi connectivity index (χ4n) is 3.57. The van der Waals surface area contributed by atoms with Gasteiger partial charge in [-0.25, -0.2) is 8.42 Å². The summed E-state index contributed by atoms with van der Waals surface area (Å²) in [6.45, 7) is 5.59. The first-order valence-corrected chi connectivity index (χ1v) is 11.7. The normalized spacial score (nSPS) is 14.7. The number of likely N-dealkylation sites (tertiary alicyclic amines) is 1. The molecule has 1 heterocycles. The van der Waals surface area contributed by atoms with E-state index in [0.717, 1.165) is 23.9 Å². The van der Waals surface area contributed by atoms with Gasteiger partial charge in [0.25, 0.3) is 5.91 Å². The number of aryl methyl sites for hydroxylation is 1. The molecule has 1 aliphatic heterocycles. The summed E-state index contributed by atoms with van der Waals surface area (Å²) in [7, 11) is -1.83. The molecule has 29 heavy (non-hydrogen) atoms. The van der Waals surface area contributed by atoms with Crippen LogP contribution >= 0.6 is 0 Å². The fourth-order valence-corrected chi connectivity index (χ4v) is 4.14. The number of sulfonamides is 1. The largest absolute Gasteiger partial charge is 0.348 e. The van der Waals surface area contributed by atoms with Crippen LogP contribution in [0.25, 0.3) is 0 Å². The Morgan fingerprint density at radius 1 is 1.07 bits per heavy atom. The summed E-state index contributed by atoms with van der Waals surface area (Å²) in [6, 6.07) is 13.4. The molecular formula is C22H29N3O3S. The van der Waals surface area contributed by atoms with Gasteiger partial charge in [0.2, 0.25) is 10.0 Å². The number of amides is 1. The van der Waals surface area contributed by atoms with Crippen LogP contribution in [-0.4, -0.2) is 45.6 Å². The maximum Gasteiger partial charge on any atom is 0.251 e. The molecule has 1 saturated heterocycles. The molecule has 0 spiro atoms. The second kappa shape index (κ2) is 8.97. The van der Waals surface area contributed by atoms with E-state index in [1.54, 1.807) is 25.1 Å². The molecule has 3 rings (SSSR count). The average Bonchev–Trinajstić information content (AvgIpc) is 3.19. The Morgan fingerprint density at radius 3 is 2.28 bits per heavy atom. The Morgan fingerprint density at radius 2 is 1.69 bits per heavy atom. The van der Waals surface area contributed by atoms with Gasteiger partial charge in [-0.05, 0) is 67.7 Å². The molecule has 1 aliphatic rings. The number of carbonyl (C=O) groups excluding carboxylic acids is 1. The van der Waals surface area contributed by atoms with Gasteiger partial charge in [0.1, 0.15) is 0 Å². The minimum atomic E-state index is -3.34. The molecule has 1 fully saturated rings. The molecule has 0 radical (unpaired) electrons. The van der Waals surface area contributed by atoms with Gasteiger partial charge in [0.05, 0.1) is 11.9 Å². The number of anilines is 1. The topological polar surface area (TPSA) is 69.7 Å². The van der Waals surface area contributed by atoms with Crippen LogP contribution in [0.3, 0.4) is 0 Å². The first kappa shape index (κ1) is 21.3. The van der Waals surface area contributed by atoms with Crippen LogP contribution < -0.4 is 9.62 Å². The zero-order chi connectivity index (χ0) is 21.0. The van der Waals surface area contributed by atoms with Gasteiger partial charge < -0.3 is 5.32 Å². The third-order valence-electron chi connectivity index (χ3n) is 5.38. The van der Waals surface area contributed by atoms with Gasteiger partial charge in [0.15, 0.2) is 0 Å². The Labute approximate surface area is 173 Å². The Balaban J connectivity index is 1.58. The molecule has 156 valence electrons. The molecule has 1 N–H and O–H groups in total. The first-order chi connectivity index (χ1) is 13.7. The Hall–Kier alpha value is -2.38. The van der Waals surface area contributed by atoms with E-state index in [1.807, 2.05) is 0 Å². The van der Waals surface area contributed by atoms with E-state index < -0.39 is 10.0 Å². The second-order valence-electron chi connectivity index (χ2n) is 7.71. The van der Waals surface area contributed by atoms with Crippen LogP contribution in [0.5, 0.6) is 0 Å². The third-order valence-corrected chi connectivity index (χ3v) is 6.57. The van der Waals surface area contributed by atoms with Gasteiger partial charge in [0, 0.05) is 25.7 Å².